The third kappa shape index (κ3) is 4.17. The highest BCUT2D eigenvalue weighted by atomic mass is 19.4. The number of rotatable bonds is 5. The minimum Gasteiger partial charge on any atom is -0.452 e. The first-order chi connectivity index (χ1) is 16.6. The van der Waals surface area contributed by atoms with E-state index in [1.54, 1.807) is 6.07 Å². The molecule has 2 aromatic rings. The van der Waals surface area contributed by atoms with Crippen molar-refractivity contribution in [2.45, 2.75) is 25.4 Å². The monoisotopic (exact) mass is 486 g/mol. The highest BCUT2D eigenvalue weighted by molar-refractivity contribution is 6.22. The van der Waals surface area contributed by atoms with Gasteiger partial charge in [0, 0.05) is 5.69 Å². The third-order valence-electron chi connectivity index (χ3n) is 7.08. The molecule has 10 heteroatoms. The Hall–Kier alpha value is -3.69. The van der Waals surface area contributed by atoms with Crippen molar-refractivity contribution in [1.29, 1.82) is 0 Å². The molecule has 2 bridgehead atoms. The van der Waals surface area contributed by atoms with Gasteiger partial charge in [0.1, 0.15) is 0 Å². The molecule has 1 heterocycles. The zero-order valence-corrected chi connectivity index (χ0v) is 18.4. The second kappa shape index (κ2) is 8.51. The molecule has 3 amide bonds. The highest BCUT2D eigenvalue weighted by Gasteiger charge is 2.61. The largest absolute Gasteiger partial charge is 0.452 e. The SMILES string of the molecule is O=C(COC(=O)c1cccc(N2C(=O)[C@H]3[C@H]4CC[C@@H](C4)[C@@H]3C2=O)c1)Nc1cccc(C(F)(F)F)c1. The lowest BCUT2D eigenvalue weighted by Crippen LogP contribution is -2.32. The Labute approximate surface area is 198 Å². The molecular weight excluding hydrogens is 465 g/mol. The number of anilines is 2. The van der Waals surface area contributed by atoms with Crippen LogP contribution in [0.15, 0.2) is 48.5 Å². The summed E-state index contributed by atoms with van der Waals surface area (Å²) in [6.45, 7) is -0.728. The van der Waals surface area contributed by atoms with Gasteiger partial charge in [-0.1, -0.05) is 12.1 Å². The molecular formula is C25H21F3N2O5. The second-order valence-electron chi connectivity index (χ2n) is 9.15. The molecule has 2 aromatic carbocycles. The van der Waals surface area contributed by atoms with Crippen LogP contribution < -0.4 is 10.2 Å². The Kier molecular flexibility index (Phi) is 5.61. The van der Waals surface area contributed by atoms with Gasteiger partial charge in [0.05, 0.1) is 28.7 Å². The van der Waals surface area contributed by atoms with E-state index in [2.05, 4.69) is 5.32 Å². The topological polar surface area (TPSA) is 92.8 Å². The summed E-state index contributed by atoms with van der Waals surface area (Å²) in [7, 11) is 0. The van der Waals surface area contributed by atoms with E-state index in [4.69, 9.17) is 4.74 Å². The first kappa shape index (κ1) is 23.1. The molecule has 3 aliphatic rings. The van der Waals surface area contributed by atoms with Crippen molar-refractivity contribution in [3.63, 3.8) is 0 Å². The number of esters is 1. The number of nitrogens with one attached hydrogen (secondary N) is 1. The van der Waals surface area contributed by atoms with E-state index in [1.807, 2.05) is 0 Å². The summed E-state index contributed by atoms with van der Waals surface area (Å²) in [6, 6.07) is 9.94. The van der Waals surface area contributed by atoms with Gasteiger partial charge in [-0.05, 0) is 67.5 Å². The average molecular weight is 486 g/mol. The van der Waals surface area contributed by atoms with Gasteiger partial charge in [0.2, 0.25) is 11.8 Å². The van der Waals surface area contributed by atoms with Gasteiger partial charge < -0.3 is 10.1 Å². The number of hydrogen-bond donors (Lipinski definition) is 1. The predicted molar refractivity (Wildman–Crippen MR) is 117 cm³/mol. The molecule has 35 heavy (non-hydrogen) atoms. The van der Waals surface area contributed by atoms with Gasteiger partial charge >= 0.3 is 12.1 Å². The molecule has 4 atom stereocenters. The van der Waals surface area contributed by atoms with Crippen LogP contribution in [0.4, 0.5) is 24.5 Å². The van der Waals surface area contributed by atoms with Crippen LogP contribution in [-0.2, 0) is 25.3 Å². The summed E-state index contributed by atoms with van der Waals surface area (Å²) in [4.78, 5) is 51.7. The molecule has 1 saturated heterocycles. The van der Waals surface area contributed by atoms with E-state index in [0.29, 0.717) is 0 Å². The van der Waals surface area contributed by atoms with Crippen LogP contribution in [0.5, 0.6) is 0 Å². The fourth-order valence-electron chi connectivity index (χ4n) is 5.62. The van der Waals surface area contributed by atoms with Crippen molar-refractivity contribution in [2.75, 3.05) is 16.8 Å². The van der Waals surface area contributed by atoms with Crippen molar-refractivity contribution in [3.05, 3.63) is 59.7 Å². The first-order valence-electron chi connectivity index (χ1n) is 11.3. The fourth-order valence-corrected chi connectivity index (χ4v) is 5.62. The molecule has 1 N–H and O–H groups in total. The van der Waals surface area contributed by atoms with E-state index >= 15 is 0 Å². The number of ether oxygens (including phenoxy) is 1. The number of imide groups is 1. The third-order valence-corrected chi connectivity index (χ3v) is 7.08. The lowest BCUT2D eigenvalue weighted by atomic mass is 9.81. The van der Waals surface area contributed by atoms with Gasteiger partial charge in [0.15, 0.2) is 6.61 Å². The Bertz CT molecular complexity index is 1200. The van der Waals surface area contributed by atoms with Crippen molar-refractivity contribution in [3.8, 4) is 0 Å². The lowest BCUT2D eigenvalue weighted by molar-refractivity contribution is -0.137. The number of halogens is 3. The zero-order chi connectivity index (χ0) is 24.9. The van der Waals surface area contributed by atoms with Gasteiger partial charge in [-0.15, -0.1) is 0 Å². The number of alkyl halides is 3. The summed E-state index contributed by atoms with van der Waals surface area (Å²) in [6.07, 6.45) is -1.74. The number of hydrogen-bond acceptors (Lipinski definition) is 5. The average Bonchev–Trinajstić information content (AvgIpc) is 3.51. The van der Waals surface area contributed by atoms with Crippen LogP contribution in [0.3, 0.4) is 0 Å². The van der Waals surface area contributed by atoms with Crippen LogP contribution in [0.1, 0.15) is 35.2 Å². The molecule has 182 valence electrons. The molecule has 5 rings (SSSR count). The predicted octanol–water partition coefficient (Wildman–Crippen LogP) is 4.04. The number of carbonyl (C=O) groups is 4. The Morgan fingerprint density at radius 2 is 1.63 bits per heavy atom. The maximum absolute atomic E-state index is 13.0. The first-order valence-corrected chi connectivity index (χ1v) is 11.3. The van der Waals surface area contributed by atoms with Crippen LogP contribution in [0, 0.1) is 23.7 Å². The molecule has 3 fully saturated rings. The van der Waals surface area contributed by atoms with E-state index in [9.17, 15) is 32.3 Å². The molecule has 0 spiro atoms. The number of amides is 3. The minimum atomic E-state index is -4.56. The smallest absolute Gasteiger partial charge is 0.416 e. The number of carbonyl (C=O) groups excluding carboxylic acids is 4. The molecule has 0 unspecified atom stereocenters. The van der Waals surface area contributed by atoms with E-state index in [0.717, 1.165) is 42.4 Å². The Morgan fingerprint density at radius 3 is 2.29 bits per heavy atom. The Morgan fingerprint density at radius 1 is 0.971 bits per heavy atom. The summed E-state index contributed by atoms with van der Waals surface area (Å²) in [5, 5.41) is 2.25. The van der Waals surface area contributed by atoms with Crippen molar-refractivity contribution < 1.29 is 37.1 Å². The summed E-state index contributed by atoms with van der Waals surface area (Å²) >= 11 is 0. The van der Waals surface area contributed by atoms with Gasteiger partial charge in [-0.3, -0.25) is 19.3 Å². The Balaban J connectivity index is 1.23. The maximum Gasteiger partial charge on any atom is 0.416 e. The quantitative estimate of drug-likeness (QED) is 0.509. The van der Waals surface area contributed by atoms with Gasteiger partial charge in [-0.25, -0.2) is 4.79 Å². The maximum atomic E-state index is 13.0. The molecule has 1 aliphatic heterocycles. The molecule has 2 saturated carbocycles. The van der Waals surface area contributed by atoms with Crippen molar-refractivity contribution >= 4 is 35.1 Å². The molecule has 2 aliphatic carbocycles. The van der Waals surface area contributed by atoms with Crippen LogP contribution in [-0.4, -0.2) is 30.3 Å². The molecule has 0 aromatic heterocycles. The highest BCUT2D eigenvalue weighted by Crippen LogP contribution is 2.56. The second-order valence-corrected chi connectivity index (χ2v) is 9.15. The molecule has 0 radical (unpaired) electrons. The van der Waals surface area contributed by atoms with Crippen molar-refractivity contribution in [1.82, 2.24) is 0 Å². The van der Waals surface area contributed by atoms with Crippen molar-refractivity contribution in [2.24, 2.45) is 23.7 Å². The lowest BCUT2D eigenvalue weighted by Gasteiger charge is -2.19. The summed E-state index contributed by atoms with van der Waals surface area (Å²) in [5.41, 5.74) is -0.702. The number of benzene rings is 2. The fraction of sp³-hybridized carbons (Fsp3) is 0.360. The van der Waals surface area contributed by atoms with Crippen LogP contribution in [0.2, 0.25) is 0 Å². The number of fused-ring (bicyclic) bond motifs is 5. The summed E-state index contributed by atoms with van der Waals surface area (Å²) in [5.74, 6) is -2.29. The normalized spacial score (nSPS) is 25.1. The van der Waals surface area contributed by atoms with Gasteiger partial charge in [0.25, 0.3) is 5.91 Å². The number of nitrogens with zero attached hydrogens (tertiary/aromatic N) is 1. The summed E-state index contributed by atoms with van der Waals surface area (Å²) < 4.78 is 43.4. The molecule has 7 nitrogen and oxygen atoms in total. The van der Waals surface area contributed by atoms with E-state index in [1.165, 1.54) is 24.3 Å². The van der Waals surface area contributed by atoms with E-state index in [-0.39, 0.29) is 52.4 Å². The standard InChI is InChI=1S/C25H21F3N2O5/c26-25(27,28)16-4-2-5-17(11-16)29-19(31)12-35-24(34)15-3-1-6-18(10-15)30-22(32)20-13-7-8-14(9-13)21(20)23(30)33/h1-6,10-11,13-14,20-21H,7-9,12H2,(H,29,31)/t13-,14-,20-,21-/m0/s1. The van der Waals surface area contributed by atoms with Crippen LogP contribution in [0.25, 0.3) is 0 Å². The van der Waals surface area contributed by atoms with Gasteiger partial charge in [-0.2, -0.15) is 13.2 Å². The minimum absolute atomic E-state index is 0.0370. The van der Waals surface area contributed by atoms with E-state index < -0.39 is 30.2 Å². The van der Waals surface area contributed by atoms with Crippen LogP contribution >= 0.6 is 0 Å². The zero-order valence-electron chi connectivity index (χ0n) is 18.4.